The Morgan fingerprint density at radius 1 is 1.58 bits per heavy atom. The van der Waals surface area contributed by atoms with Gasteiger partial charge in [-0.15, -0.1) is 0 Å². The molecule has 0 amide bonds. The number of carbonyl (C=O) groups excluding carboxylic acids is 1. The van der Waals surface area contributed by atoms with Crippen LogP contribution in [0.4, 0.5) is 5.69 Å². The lowest BCUT2D eigenvalue weighted by Crippen LogP contribution is -2.07. The van der Waals surface area contributed by atoms with Crippen LogP contribution in [0.2, 0.25) is 0 Å². The normalized spacial score (nSPS) is 9.58. The highest BCUT2D eigenvalue weighted by Crippen LogP contribution is 2.13. The second kappa shape index (κ2) is 3.34. The lowest BCUT2D eigenvalue weighted by molar-refractivity contribution is 0.101. The maximum Gasteiger partial charge on any atom is 0.159 e. The van der Waals surface area contributed by atoms with E-state index in [0.717, 1.165) is 0 Å². The fraction of sp³-hybridized carbons (Fsp3) is 0.125. The van der Waals surface area contributed by atoms with Crippen molar-refractivity contribution in [2.75, 3.05) is 5.23 Å². The van der Waals surface area contributed by atoms with Crippen molar-refractivity contribution >= 4 is 11.5 Å². The lowest BCUT2D eigenvalue weighted by atomic mass is 10.1. The summed E-state index contributed by atoms with van der Waals surface area (Å²) in [6.07, 6.45) is 0. The number of ketones is 1. The van der Waals surface area contributed by atoms with Gasteiger partial charge < -0.3 is 10.4 Å². The second-order valence-electron chi connectivity index (χ2n) is 2.38. The molecule has 0 aliphatic heterocycles. The Labute approximate surface area is 69.6 Å². The van der Waals surface area contributed by atoms with Crippen molar-refractivity contribution in [3.05, 3.63) is 35.0 Å². The molecule has 0 aliphatic carbocycles. The molecule has 0 saturated heterocycles. The summed E-state index contributed by atoms with van der Waals surface area (Å²) in [5.41, 5.74) is 0.463. The van der Waals surface area contributed by atoms with Gasteiger partial charge in [0.15, 0.2) is 5.78 Å². The Kier molecular flexibility index (Phi) is 2.42. The van der Waals surface area contributed by atoms with Gasteiger partial charge in [0.05, 0.1) is 5.69 Å². The molecule has 64 valence electrons. The molecule has 0 radical (unpaired) electrons. The molecule has 0 unspecified atom stereocenters. The van der Waals surface area contributed by atoms with Gasteiger partial charge in [0.25, 0.3) is 0 Å². The van der Waals surface area contributed by atoms with Gasteiger partial charge in [-0.25, -0.2) is 0 Å². The topological polar surface area (TPSA) is 63.6 Å². The third-order valence-corrected chi connectivity index (χ3v) is 1.47. The zero-order chi connectivity index (χ0) is 9.14. The number of rotatable bonds is 2. The molecule has 0 fully saturated rings. The summed E-state index contributed by atoms with van der Waals surface area (Å²) < 4.78 is 0. The average molecular weight is 166 g/mol. The monoisotopic (exact) mass is 166 g/mol. The summed E-state index contributed by atoms with van der Waals surface area (Å²) in [6, 6.07) is 5.86. The predicted molar refractivity (Wildman–Crippen MR) is 44.1 cm³/mol. The first-order valence-corrected chi connectivity index (χ1v) is 3.38. The van der Waals surface area contributed by atoms with Crippen molar-refractivity contribution in [2.45, 2.75) is 6.92 Å². The molecule has 4 nitrogen and oxygen atoms in total. The van der Waals surface area contributed by atoms with E-state index in [9.17, 15) is 10.0 Å². The van der Waals surface area contributed by atoms with Gasteiger partial charge in [-0.2, -0.15) is 0 Å². The third-order valence-electron chi connectivity index (χ3n) is 1.47. The Morgan fingerprint density at radius 3 is 2.75 bits per heavy atom. The number of hydrogen-bond acceptors (Lipinski definition) is 4. The number of anilines is 1. The van der Waals surface area contributed by atoms with E-state index in [0.29, 0.717) is 5.56 Å². The lowest BCUT2D eigenvalue weighted by Gasteiger charge is -2.21. The van der Waals surface area contributed by atoms with Crippen molar-refractivity contribution in [1.29, 1.82) is 0 Å². The first-order valence-electron chi connectivity index (χ1n) is 3.38. The first kappa shape index (κ1) is 8.70. The van der Waals surface area contributed by atoms with Crippen molar-refractivity contribution in [1.82, 2.24) is 0 Å². The third kappa shape index (κ3) is 1.81. The maximum atomic E-state index is 10.8. The molecule has 1 N–H and O–H groups in total. The van der Waals surface area contributed by atoms with E-state index in [-0.39, 0.29) is 16.7 Å². The van der Waals surface area contributed by atoms with Crippen LogP contribution in [0.5, 0.6) is 0 Å². The number of Topliss-reactive ketones (excluding diaryl/α,β-unsaturated/α-hetero) is 1. The second-order valence-corrected chi connectivity index (χ2v) is 2.38. The van der Waals surface area contributed by atoms with Crippen molar-refractivity contribution < 1.29 is 10.0 Å². The van der Waals surface area contributed by atoms with Crippen molar-refractivity contribution in [2.24, 2.45) is 0 Å². The van der Waals surface area contributed by atoms with Crippen molar-refractivity contribution in [3.8, 4) is 0 Å². The van der Waals surface area contributed by atoms with Gasteiger partial charge >= 0.3 is 0 Å². The summed E-state index contributed by atoms with van der Waals surface area (Å²) in [4.78, 5) is 10.8. The van der Waals surface area contributed by atoms with Gasteiger partial charge in [-0.3, -0.25) is 10.0 Å². The summed E-state index contributed by atoms with van der Waals surface area (Å²) >= 11 is 0. The van der Waals surface area contributed by atoms with E-state index < -0.39 is 0 Å². The molecule has 1 rings (SSSR count). The van der Waals surface area contributed by atoms with Crippen molar-refractivity contribution in [3.63, 3.8) is 0 Å². The van der Waals surface area contributed by atoms with Crippen LogP contribution in [0.25, 0.3) is 0 Å². The van der Waals surface area contributed by atoms with Crippen LogP contribution >= 0.6 is 0 Å². The zero-order valence-electron chi connectivity index (χ0n) is 6.52. The molecule has 12 heavy (non-hydrogen) atoms. The van der Waals surface area contributed by atoms with E-state index in [1.807, 2.05) is 0 Å². The molecule has 1 aromatic rings. The largest absolute Gasteiger partial charge is 0.733 e. The molecule has 0 aliphatic rings. The summed E-state index contributed by atoms with van der Waals surface area (Å²) in [5, 5.41) is 18.6. The fourth-order valence-electron chi connectivity index (χ4n) is 0.844. The molecule has 0 heterocycles. The van der Waals surface area contributed by atoms with Gasteiger partial charge in [0, 0.05) is 5.56 Å². The minimum absolute atomic E-state index is 0.0581. The number of benzene rings is 1. The molecule has 1 aromatic carbocycles. The van der Waals surface area contributed by atoms with Gasteiger partial charge in [-0.1, -0.05) is 12.1 Å². The minimum atomic E-state index is -0.271. The molecule has 0 atom stereocenters. The molecule has 0 aromatic heterocycles. The predicted octanol–water partition coefficient (Wildman–Crippen LogP) is 1.58. The van der Waals surface area contributed by atoms with E-state index >= 15 is 0 Å². The quantitative estimate of drug-likeness (QED) is 0.535. The minimum Gasteiger partial charge on any atom is -0.733 e. The molecule has 0 saturated carbocycles. The van der Waals surface area contributed by atoms with E-state index in [4.69, 9.17) is 5.21 Å². The Hall–Kier alpha value is -1.39. The average Bonchev–Trinajstić information content (AvgIpc) is 2.04. The smallest absolute Gasteiger partial charge is 0.159 e. The first-order chi connectivity index (χ1) is 5.61. The Bertz CT molecular complexity index is 296. The van der Waals surface area contributed by atoms with Crippen LogP contribution in [0.1, 0.15) is 17.3 Å². The number of nitrogens with zero attached hydrogens (tertiary/aromatic N) is 1. The number of hydrogen-bond donors (Lipinski definition) is 1. The van der Waals surface area contributed by atoms with Gasteiger partial charge in [0.2, 0.25) is 0 Å². The maximum absolute atomic E-state index is 10.8. The van der Waals surface area contributed by atoms with Crippen LogP contribution in [0, 0.1) is 5.21 Å². The Balaban J connectivity index is 3.04. The standard InChI is InChI=1S/C8H8NO3/c1-6(10)7-3-2-4-8(5-7)9(11)12/h2-5,11H,1H3/q-1. The summed E-state index contributed by atoms with van der Waals surface area (Å²) in [5.74, 6) is -0.140. The van der Waals surface area contributed by atoms with E-state index in [2.05, 4.69) is 0 Å². The number of carbonyl (C=O) groups is 1. The van der Waals surface area contributed by atoms with Crippen LogP contribution < -0.4 is 5.23 Å². The summed E-state index contributed by atoms with van der Waals surface area (Å²) in [7, 11) is 0. The van der Waals surface area contributed by atoms with Gasteiger partial charge in [0.1, 0.15) is 0 Å². The van der Waals surface area contributed by atoms with Crippen LogP contribution in [-0.4, -0.2) is 11.0 Å². The summed E-state index contributed by atoms with van der Waals surface area (Å²) in [6.45, 7) is 1.39. The highest BCUT2D eigenvalue weighted by molar-refractivity contribution is 5.94. The molecule has 0 bridgehead atoms. The van der Waals surface area contributed by atoms with E-state index in [1.165, 1.54) is 25.1 Å². The highest BCUT2D eigenvalue weighted by Gasteiger charge is 1.99. The fourth-order valence-corrected chi connectivity index (χ4v) is 0.844. The molecular weight excluding hydrogens is 158 g/mol. The molecule has 4 heteroatoms. The highest BCUT2D eigenvalue weighted by atomic mass is 16.8. The zero-order valence-corrected chi connectivity index (χ0v) is 6.52. The van der Waals surface area contributed by atoms with Crippen LogP contribution in [-0.2, 0) is 0 Å². The van der Waals surface area contributed by atoms with E-state index in [1.54, 1.807) is 6.07 Å². The molecule has 0 spiro atoms. The van der Waals surface area contributed by atoms with Crippen LogP contribution in [0.3, 0.4) is 0 Å². The SMILES string of the molecule is CC(=O)c1cccc(N([O-])O)c1. The van der Waals surface area contributed by atoms with Crippen LogP contribution in [0.15, 0.2) is 24.3 Å². The molecular formula is C8H8NO3-. The Morgan fingerprint density at radius 2 is 2.25 bits per heavy atom. The van der Waals surface area contributed by atoms with Gasteiger partial charge in [-0.05, 0) is 19.1 Å².